The van der Waals surface area contributed by atoms with E-state index >= 15 is 0 Å². The Morgan fingerprint density at radius 1 is 1.37 bits per heavy atom. The quantitative estimate of drug-likeness (QED) is 0.827. The van der Waals surface area contributed by atoms with Crippen LogP contribution in [0.5, 0.6) is 0 Å². The number of pyridine rings is 2. The fourth-order valence-corrected chi connectivity index (χ4v) is 1.73. The third-order valence-corrected chi connectivity index (χ3v) is 2.83. The number of halogens is 1. The van der Waals surface area contributed by atoms with Gasteiger partial charge in [0.2, 0.25) is 0 Å². The van der Waals surface area contributed by atoms with Gasteiger partial charge >= 0.3 is 0 Å². The molecule has 0 fully saturated rings. The van der Waals surface area contributed by atoms with E-state index in [9.17, 15) is 9.59 Å². The average Bonchev–Trinajstić information content (AvgIpc) is 2.33. The zero-order valence-corrected chi connectivity index (χ0v) is 11.2. The molecule has 0 aliphatic heterocycles. The number of hydrogen-bond donors (Lipinski definition) is 2. The molecule has 0 unspecified atom stereocenters. The van der Waals surface area contributed by atoms with Crippen molar-refractivity contribution in [2.75, 3.05) is 5.32 Å². The number of aryl methyl sites for hydroxylation is 2. The van der Waals surface area contributed by atoms with Crippen LogP contribution in [0.1, 0.15) is 21.6 Å². The number of H-pyrrole nitrogens is 1. The van der Waals surface area contributed by atoms with Gasteiger partial charge in [-0.05, 0) is 25.5 Å². The van der Waals surface area contributed by atoms with Crippen molar-refractivity contribution in [3.63, 3.8) is 0 Å². The number of aromatic nitrogens is 2. The molecule has 0 atom stereocenters. The fourth-order valence-electron chi connectivity index (χ4n) is 1.58. The van der Waals surface area contributed by atoms with Crippen LogP contribution < -0.4 is 10.7 Å². The fraction of sp³-hybridized carbons (Fsp3) is 0.154. The number of nitrogens with zero attached hydrogens (tertiary/aromatic N) is 1. The van der Waals surface area contributed by atoms with Crippen LogP contribution in [0.25, 0.3) is 0 Å². The molecule has 1 amide bonds. The maximum absolute atomic E-state index is 12.0. The van der Waals surface area contributed by atoms with Crippen LogP contribution in [0.2, 0.25) is 5.15 Å². The maximum Gasteiger partial charge on any atom is 0.261 e. The Balaban J connectivity index is 2.31. The summed E-state index contributed by atoms with van der Waals surface area (Å²) in [5, 5.41) is 2.76. The second-order valence-corrected chi connectivity index (χ2v) is 4.56. The van der Waals surface area contributed by atoms with Crippen molar-refractivity contribution >= 4 is 23.2 Å². The second kappa shape index (κ2) is 5.24. The summed E-state index contributed by atoms with van der Waals surface area (Å²) in [7, 11) is 0. The third-order valence-electron chi connectivity index (χ3n) is 2.53. The van der Waals surface area contributed by atoms with Gasteiger partial charge in [-0.1, -0.05) is 11.6 Å². The van der Waals surface area contributed by atoms with Gasteiger partial charge in [0.15, 0.2) is 10.6 Å². The minimum absolute atomic E-state index is 0.0307. The first-order valence-electron chi connectivity index (χ1n) is 5.60. The van der Waals surface area contributed by atoms with Crippen molar-refractivity contribution in [3.05, 3.63) is 56.7 Å². The molecule has 2 aromatic heterocycles. The predicted molar refractivity (Wildman–Crippen MR) is 73.7 cm³/mol. The third kappa shape index (κ3) is 3.00. The standard InChI is InChI=1S/C13H12ClN3O2/c1-7-3-10(12(14)16-5-7)17-13(19)9-6-15-8(2)4-11(9)18/h3-6H,1-2H3,(H,15,18)(H,17,19). The van der Waals surface area contributed by atoms with Gasteiger partial charge in [-0.15, -0.1) is 0 Å². The maximum atomic E-state index is 12.0. The summed E-state index contributed by atoms with van der Waals surface area (Å²) in [6.07, 6.45) is 2.97. The molecule has 2 N–H and O–H groups in total. The molecular weight excluding hydrogens is 266 g/mol. The SMILES string of the molecule is Cc1cnc(Cl)c(NC(=O)c2c[nH]c(C)cc2=O)c1. The van der Waals surface area contributed by atoms with Gasteiger partial charge in [-0.3, -0.25) is 9.59 Å². The van der Waals surface area contributed by atoms with Gasteiger partial charge < -0.3 is 10.3 Å². The van der Waals surface area contributed by atoms with Gasteiger partial charge in [-0.25, -0.2) is 4.98 Å². The van der Waals surface area contributed by atoms with Crippen molar-refractivity contribution < 1.29 is 4.79 Å². The molecule has 0 aliphatic rings. The lowest BCUT2D eigenvalue weighted by atomic mass is 10.2. The smallest absolute Gasteiger partial charge is 0.261 e. The van der Waals surface area contributed by atoms with Crippen LogP contribution in [-0.4, -0.2) is 15.9 Å². The first-order valence-corrected chi connectivity index (χ1v) is 5.98. The molecule has 2 rings (SSSR count). The monoisotopic (exact) mass is 277 g/mol. The van der Waals surface area contributed by atoms with E-state index in [2.05, 4.69) is 15.3 Å². The lowest BCUT2D eigenvalue weighted by molar-refractivity contribution is 0.102. The molecule has 0 spiro atoms. The molecule has 0 aliphatic carbocycles. The Morgan fingerprint density at radius 2 is 2.11 bits per heavy atom. The average molecular weight is 278 g/mol. The summed E-state index contributed by atoms with van der Waals surface area (Å²) in [5.41, 5.74) is 1.62. The summed E-state index contributed by atoms with van der Waals surface area (Å²) in [6.45, 7) is 3.57. The molecule has 6 heteroatoms. The lowest BCUT2D eigenvalue weighted by Gasteiger charge is -2.07. The number of rotatable bonds is 2. The molecule has 0 saturated heterocycles. The minimum atomic E-state index is -0.518. The van der Waals surface area contributed by atoms with Crippen LogP contribution in [0.3, 0.4) is 0 Å². The van der Waals surface area contributed by atoms with E-state index in [1.807, 2.05) is 6.92 Å². The number of aromatic amines is 1. The first kappa shape index (κ1) is 13.3. The highest BCUT2D eigenvalue weighted by atomic mass is 35.5. The van der Waals surface area contributed by atoms with Gasteiger partial charge in [-0.2, -0.15) is 0 Å². The molecule has 98 valence electrons. The van der Waals surface area contributed by atoms with E-state index in [-0.39, 0.29) is 16.1 Å². The van der Waals surface area contributed by atoms with Crippen molar-refractivity contribution in [2.45, 2.75) is 13.8 Å². The summed E-state index contributed by atoms with van der Waals surface area (Å²) >= 11 is 5.88. The number of amides is 1. The van der Waals surface area contributed by atoms with Crippen LogP contribution in [0.15, 0.2) is 29.3 Å². The summed E-state index contributed by atoms with van der Waals surface area (Å²) in [5.74, 6) is -0.518. The summed E-state index contributed by atoms with van der Waals surface area (Å²) in [6, 6.07) is 3.06. The van der Waals surface area contributed by atoms with Crippen molar-refractivity contribution in [1.82, 2.24) is 9.97 Å². The summed E-state index contributed by atoms with van der Waals surface area (Å²) < 4.78 is 0. The Hall–Kier alpha value is -2.14. The minimum Gasteiger partial charge on any atom is -0.364 e. The Kier molecular flexibility index (Phi) is 3.66. The Bertz CT molecular complexity index is 695. The normalized spacial score (nSPS) is 10.3. The van der Waals surface area contributed by atoms with Crippen LogP contribution in [-0.2, 0) is 0 Å². The summed E-state index contributed by atoms with van der Waals surface area (Å²) in [4.78, 5) is 30.4. The molecule has 0 bridgehead atoms. The molecule has 0 aromatic carbocycles. The van der Waals surface area contributed by atoms with Crippen molar-refractivity contribution in [2.24, 2.45) is 0 Å². The van der Waals surface area contributed by atoms with Gasteiger partial charge in [0.1, 0.15) is 5.56 Å². The highest BCUT2D eigenvalue weighted by Crippen LogP contribution is 2.20. The highest BCUT2D eigenvalue weighted by molar-refractivity contribution is 6.32. The van der Waals surface area contributed by atoms with E-state index in [1.165, 1.54) is 12.3 Å². The topological polar surface area (TPSA) is 74.8 Å². The highest BCUT2D eigenvalue weighted by Gasteiger charge is 2.12. The number of anilines is 1. The van der Waals surface area contributed by atoms with Crippen LogP contribution in [0, 0.1) is 13.8 Å². The number of nitrogens with one attached hydrogen (secondary N) is 2. The Labute approximate surface area is 114 Å². The second-order valence-electron chi connectivity index (χ2n) is 4.20. The molecule has 0 radical (unpaired) electrons. The molecule has 19 heavy (non-hydrogen) atoms. The molecule has 2 aromatic rings. The number of hydrogen-bond acceptors (Lipinski definition) is 3. The largest absolute Gasteiger partial charge is 0.364 e. The van der Waals surface area contributed by atoms with Gasteiger partial charge in [0.05, 0.1) is 5.69 Å². The number of carbonyl (C=O) groups excluding carboxylic acids is 1. The van der Waals surface area contributed by atoms with E-state index in [0.717, 1.165) is 5.56 Å². The zero-order chi connectivity index (χ0) is 14.0. The van der Waals surface area contributed by atoms with Crippen molar-refractivity contribution in [1.29, 1.82) is 0 Å². The van der Waals surface area contributed by atoms with E-state index in [4.69, 9.17) is 11.6 Å². The molecular formula is C13H12ClN3O2. The van der Waals surface area contributed by atoms with Crippen molar-refractivity contribution in [3.8, 4) is 0 Å². The predicted octanol–water partition coefficient (Wildman–Crippen LogP) is 2.29. The van der Waals surface area contributed by atoms with E-state index < -0.39 is 5.91 Å². The first-order chi connectivity index (χ1) is 8.97. The molecule has 2 heterocycles. The Morgan fingerprint density at radius 3 is 2.79 bits per heavy atom. The lowest BCUT2D eigenvalue weighted by Crippen LogP contribution is -2.21. The van der Waals surface area contributed by atoms with Crippen LogP contribution in [0.4, 0.5) is 5.69 Å². The van der Waals surface area contributed by atoms with E-state index in [1.54, 1.807) is 19.2 Å². The molecule has 0 saturated carbocycles. The van der Waals surface area contributed by atoms with Gasteiger partial charge in [0, 0.05) is 24.2 Å². The van der Waals surface area contributed by atoms with Crippen LogP contribution >= 0.6 is 11.6 Å². The zero-order valence-electron chi connectivity index (χ0n) is 10.5. The number of carbonyl (C=O) groups is 1. The van der Waals surface area contributed by atoms with Gasteiger partial charge in [0.25, 0.3) is 5.91 Å². The van der Waals surface area contributed by atoms with E-state index in [0.29, 0.717) is 11.4 Å². The molecule has 5 nitrogen and oxygen atoms in total.